The predicted molar refractivity (Wildman–Crippen MR) is 102 cm³/mol. The summed E-state index contributed by atoms with van der Waals surface area (Å²) in [4.78, 5) is 29.8. The second-order valence-electron chi connectivity index (χ2n) is 6.85. The highest BCUT2D eigenvalue weighted by Crippen LogP contribution is 2.23. The third kappa shape index (κ3) is 6.82. The maximum Gasteiger partial charge on any atom is 0.490 e. The van der Waals surface area contributed by atoms with Crippen LogP contribution in [-0.2, 0) is 35.5 Å². The number of carboxylic acid groups (broad SMARTS) is 1. The molecule has 0 spiro atoms. The highest BCUT2D eigenvalue weighted by atomic mass is 32.1. The molecule has 1 N–H and O–H groups in total. The first-order chi connectivity index (χ1) is 13.6. The fourth-order valence-electron chi connectivity index (χ4n) is 2.94. The van der Waals surface area contributed by atoms with Crippen molar-refractivity contribution in [3.8, 4) is 0 Å². The number of thiophene rings is 1. The maximum absolute atomic E-state index is 12.4. The largest absolute Gasteiger partial charge is 0.490 e. The molecule has 0 saturated heterocycles. The Balaban J connectivity index is 0.000000370. The van der Waals surface area contributed by atoms with E-state index in [0.717, 1.165) is 25.1 Å². The summed E-state index contributed by atoms with van der Waals surface area (Å²) in [6, 6.07) is 2.03. The Labute approximate surface area is 170 Å². The first-order valence-corrected chi connectivity index (χ1v) is 9.70. The molecular weight excluding hydrogens is 407 g/mol. The molecule has 2 aromatic rings. The zero-order valence-corrected chi connectivity index (χ0v) is 16.9. The summed E-state index contributed by atoms with van der Waals surface area (Å²) in [6.45, 7) is 2.39. The Hall–Kier alpha value is -2.46. The lowest BCUT2D eigenvalue weighted by Gasteiger charge is -2.30. The number of aliphatic carboxylic acids is 1. The molecule has 0 aromatic carbocycles. The SMILES string of the molecule is CN(C)Cc1cncc2c1CCN(C(=O)Cc1ccsc1)C2.O=C(O)C(F)(F)F. The van der Waals surface area contributed by atoms with Crippen LogP contribution in [0.2, 0.25) is 0 Å². The third-order valence-corrected chi connectivity index (χ3v) is 4.98. The molecule has 0 unspecified atom stereocenters. The van der Waals surface area contributed by atoms with Crippen LogP contribution in [0.4, 0.5) is 13.2 Å². The quantitative estimate of drug-likeness (QED) is 0.809. The molecule has 158 valence electrons. The number of hydrogen-bond donors (Lipinski definition) is 1. The van der Waals surface area contributed by atoms with Gasteiger partial charge in [0.25, 0.3) is 0 Å². The third-order valence-electron chi connectivity index (χ3n) is 4.25. The second kappa shape index (κ2) is 9.84. The lowest BCUT2D eigenvalue weighted by Crippen LogP contribution is -2.37. The van der Waals surface area contributed by atoms with Crippen LogP contribution in [0.5, 0.6) is 0 Å². The Kier molecular flexibility index (Phi) is 7.74. The molecule has 0 atom stereocenters. The van der Waals surface area contributed by atoms with Gasteiger partial charge in [-0.05, 0) is 59.6 Å². The summed E-state index contributed by atoms with van der Waals surface area (Å²) in [5.74, 6) is -2.55. The van der Waals surface area contributed by atoms with Gasteiger partial charge in [0.1, 0.15) is 0 Å². The van der Waals surface area contributed by atoms with Crippen molar-refractivity contribution < 1.29 is 27.9 Å². The van der Waals surface area contributed by atoms with Crippen molar-refractivity contribution in [3.05, 3.63) is 51.5 Å². The van der Waals surface area contributed by atoms with E-state index in [2.05, 4.69) is 24.0 Å². The molecule has 0 saturated carbocycles. The highest BCUT2D eigenvalue weighted by Gasteiger charge is 2.38. The van der Waals surface area contributed by atoms with Gasteiger partial charge in [0.15, 0.2) is 0 Å². The Morgan fingerprint density at radius 1 is 1.31 bits per heavy atom. The number of hydrogen-bond acceptors (Lipinski definition) is 5. The number of carbonyl (C=O) groups is 2. The van der Waals surface area contributed by atoms with Gasteiger partial charge in [0, 0.05) is 32.0 Å². The van der Waals surface area contributed by atoms with E-state index in [4.69, 9.17) is 9.90 Å². The van der Waals surface area contributed by atoms with Gasteiger partial charge in [-0.3, -0.25) is 9.78 Å². The van der Waals surface area contributed by atoms with E-state index in [1.54, 1.807) is 11.3 Å². The van der Waals surface area contributed by atoms with Crippen molar-refractivity contribution in [3.63, 3.8) is 0 Å². The highest BCUT2D eigenvalue weighted by molar-refractivity contribution is 7.08. The van der Waals surface area contributed by atoms with Gasteiger partial charge in [-0.15, -0.1) is 0 Å². The van der Waals surface area contributed by atoms with Crippen molar-refractivity contribution in [2.75, 3.05) is 20.6 Å². The molecule has 1 amide bonds. The van der Waals surface area contributed by atoms with Crippen LogP contribution < -0.4 is 0 Å². The van der Waals surface area contributed by atoms with Gasteiger partial charge in [-0.1, -0.05) is 0 Å². The van der Waals surface area contributed by atoms with Gasteiger partial charge < -0.3 is 14.9 Å². The first-order valence-electron chi connectivity index (χ1n) is 8.76. The topological polar surface area (TPSA) is 73.7 Å². The van der Waals surface area contributed by atoms with Gasteiger partial charge >= 0.3 is 12.1 Å². The molecule has 29 heavy (non-hydrogen) atoms. The normalized spacial score (nSPS) is 13.5. The molecular formula is C19H22F3N3O3S. The van der Waals surface area contributed by atoms with Gasteiger partial charge in [0.2, 0.25) is 5.91 Å². The van der Waals surface area contributed by atoms with Crippen LogP contribution in [0.3, 0.4) is 0 Å². The Morgan fingerprint density at radius 3 is 2.55 bits per heavy atom. The first kappa shape index (κ1) is 22.8. The average molecular weight is 429 g/mol. The molecule has 2 aromatic heterocycles. The predicted octanol–water partition coefficient (Wildman–Crippen LogP) is 2.97. The van der Waals surface area contributed by atoms with E-state index in [9.17, 15) is 18.0 Å². The number of aromatic nitrogens is 1. The monoisotopic (exact) mass is 429 g/mol. The summed E-state index contributed by atoms with van der Waals surface area (Å²) in [5, 5.41) is 11.2. The number of halogens is 3. The van der Waals surface area contributed by atoms with E-state index in [0.29, 0.717) is 13.0 Å². The van der Waals surface area contributed by atoms with Crippen LogP contribution in [0.25, 0.3) is 0 Å². The molecule has 1 aliphatic rings. The van der Waals surface area contributed by atoms with Crippen LogP contribution in [0.1, 0.15) is 22.3 Å². The van der Waals surface area contributed by atoms with Crippen LogP contribution >= 0.6 is 11.3 Å². The lowest BCUT2D eigenvalue weighted by atomic mass is 9.96. The number of alkyl halides is 3. The molecule has 1 aliphatic heterocycles. The van der Waals surface area contributed by atoms with Crippen LogP contribution in [0, 0.1) is 0 Å². The number of carbonyl (C=O) groups excluding carboxylic acids is 1. The van der Waals surface area contributed by atoms with E-state index >= 15 is 0 Å². The summed E-state index contributed by atoms with van der Waals surface area (Å²) >= 11 is 1.64. The number of rotatable bonds is 4. The summed E-state index contributed by atoms with van der Waals surface area (Å²) in [7, 11) is 4.14. The van der Waals surface area contributed by atoms with Crippen LogP contribution in [0.15, 0.2) is 29.2 Å². The second-order valence-corrected chi connectivity index (χ2v) is 7.63. The Bertz CT molecular complexity index is 839. The zero-order valence-electron chi connectivity index (χ0n) is 16.1. The fourth-order valence-corrected chi connectivity index (χ4v) is 3.61. The molecule has 0 aliphatic carbocycles. The van der Waals surface area contributed by atoms with Crippen molar-refractivity contribution in [2.45, 2.75) is 32.1 Å². The molecule has 0 radical (unpaired) electrons. The number of carboxylic acids is 1. The number of amides is 1. The molecule has 6 nitrogen and oxygen atoms in total. The van der Waals surface area contributed by atoms with Crippen molar-refractivity contribution in [2.24, 2.45) is 0 Å². The number of fused-ring (bicyclic) bond motifs is 1. The summed E-state index contributed by atoms with van der Waals surface area (Å²) in [6.07, 6.45) is 0.222. The Morgan fingerprint density at radius 2 is 2.00 bits per heavy atom. The fraction of sp³-hybridized carbons (Fsp3) is 0.421. The average Bonchev–Trinajstić information content (AvgIpc) is 3.14. The number of pyridine rings is 1. The van der Waals surface area contributed by atoms with E-state index in [1.807, 2.05) is 34.1 Å². The standard InChI is InChI=1S/C17H21N3OS.C2HF3O2/c1-19(2)10-14-8-18-9-15-11-20(5-3-16(14)15)17(21)7-13-4-6-22-12-13;3-2(4,5)1(6)7/h4,6,8-9,12H,3,5,7,10-11H2,1-2H3;(H,6,7). The maximum atomic E-state index is 12.4. The van der Waals surface area contributed by atoms with Crippen molar-refractivity contribution >= 4 is 23.2 Å². The van der Waals surface area contributed by atoms with Crippen LogP contribution in [-0.4, -0.2) is 58.6 Å². The molecule has 3 rings (SSSR count). The van der Waals surface area contributed by atoms with Gasteiger partial charge in [-0.25, -0.2) is 4.79 Å². The lowest BCUT2D eigenvalue weighted by molar-refractivity contribution is -0.192. The minimum Gasteiger partial charge on any atom is -0.475 e. The smallest absolute Gasteiger partial charge is 0.475 e. The minimum atomic E-state index is -5.08. The molecule has 10 heteroatoms. The summed E-state index contributed by atoms with van der Waals surface area (Å²) < 4.78 is 31.7. The molecule has 3 heterocycles. The van der Waals surface area contributed by atoms with Crippen molar-refractivity contribution in [1.29, 1.82) is 0 Å². The van der Waals surface area contributed by atoms with E-state index in [-0.39, 0.29) is 5.91 Å². The number of nitrogens with zero attached hydrogens (tertiary/aromatic N) is 3. The zero-order chi connectivity index (χ0) is 21.6. The minimum absolute atomic E-state index is 0.210. The van der Waals surface area contributed by atoms with E-state index < -0.39 is 12.1 Å². The molecule has 0 bridgehead atoms. The van der Waals surface area contributed by atoms with Gasteiger partial charge in [0.05, 0.1) is 6.42 Å². The summed E-state index contributed by atoms with van der Waals surface area (Å²) in [5.41, 5.74) is 4.97. The van der Waals surface area contributed by atoms with E-state index in [1.165, 1.54) is 16.7 Å². The van der Waals surface area contributed by atoms with Crippen molar-refractivity contribution in [1.82, 2.24) is 14.8 Å². The van der Waals surface area contributed by atoms with Gasteiger partial charge in [-0.2, -0.15) is 24.5 Å². The molecule has 0 fully saturated rings.